The Morgan fingerprint density at radius 3 is 2.47 bits per heavy atom. The van der Waals surface area contributed by atoms with E-state index in [0.717, 1.165) is 12.1 Å². The minimum absolute atomic E-state index is 0.214. The molecule has 15 heavy (non-hydrogen) atoms. The number of aliphatic hydroxyl groups is 2. The minimum Gasteiger partial charge on any atom is -0.393 e. The van der Waals surface area contributed by atoms with Crippen molar-refractivity contribution in [2.75, 3.05) is 6.61 Å². The molecule has 0 heterocycles. The summed E-state index contributed by atoms with van der Waals surface area (Å²) in [5, 5.41) is 18.0. The first-order chi connectivity index (χ1) is 6.91. The van der Waals surface area contributed by atoms with Gasteiger partial charge in [-0.15, -0.1) is 11.6 Å². The molecule has 0 saturated carbocycles. The number of hydrogen-bond acceptors (Lipinski definition) is 2. The first-order valence-electron chi connectivity index (χ1n) is 4.34. The molecule has 0 fully saturated rings. The van der Waals surface area contributed by atoms with E-state index in [-0.39, 0.29) is 5.56 Å². The molecule has 0 unspecified atom stereocenters. The summed E-state index contributed by atoms with van der Waals surface area (Å²) in [5.41, 5.74) is -2.12. The second-order valence-electron chi connectivity index (χ2n) is 3.32. The van der Waals surface area contributed by atoms with Crippen LogP contribution in [0.5, 0.6) is 0 Å². The van der Waals surface area contributed by atoms with Crippen molar-refractivity contribution >= 4 is 11.6 Å². The third-order valence-corrected chi connectivity index (χ3v) is 2.66. The fraction of sp³-hybridized carbons (Fsp3) is 0.400. The summed E-state index contributed by atoms with van der Waals surface area (Å²) in [6.07, 6.45) is 0. The highest BCUT2D eigenvalue weighted by molar-refractivity contribution is 6.21. The summed E-state index contributed by atoms with van der Waals surface area (Å²) in [5.74, 6) is -1.68. The van der Waals surface area contributed by atoms with Crippen LogP contribution in [0, 0.1) is 11.6 Å². The van der Waals surface area contributed by atoms with Gasteiger partial charge in [0.15, 0.2) is 0 Å². The van der Waals surface area contributed by atoms with Gasteiger partial charge in [-0.1, -0.05) is 6.07 Å². The van der Waals surface area contributed by atoms with Crippen LogP contribution in [-0.4, -0.2) is 22.2 Å². The number of benzene rings is 1. The zero-order valence-electron chi connectivity index (χ0n) is 8.04. The van der Waals surface area contributed by atoms with Crippen LogP contribution in [-0.2, 0) is 5.60 Å². The Hall–Kier alpha value is -0.710. The van der Waals surface area contributed by atoms with Crippen LogP contribution >= 0.6 is 11.6 Å². The van der Waals surface area contributed by atoms with Crippen molar-refractivity contribution in [3.8, 4) is 0 Å². The van der Waals surface area contributed by atoms with Crippen molar-refractivity contribution in [1.29, 1.82) is 0 Å². The molecule has 1 rings (SSSR count). The van der Waals surface area contributed by atoms with Crippen molar-refractivity contribution in [1.82, 2.24) is 0 Å². The van der Waals surface area contributed by atoms with Gasteiger partial charge in [-0.2, -0.15) is 0 Å². The largest absolute Gasteiger partial charge is 0.393 e. The third-order valence-electron chi connectivity index (χ3n) is 2.30. The molecule has 0 aliphatic carbocycles. The van der Waals surface area contributed by atoms with Crippen LogP contribution in [0.4, 0.5) is 8.78 Å². The lowest BCUT2D eigenvalue weighted by Crippen LogP contribution is -2.39. The predicted octanol–water partition coefficient (Wildman–Crippen LogP) is 1.77. The lowest BCUT2D eigenvalue weighted by Gasteiger charge is -2.29. The highest BCUT2D eigenvalue weighted by Crippen LogP contribution is 2.30. The van der Waals surface area contributed by atoms with E-state index in [2.05, 4.69) is 0 Å². The molecular weight excluding hydrogens is 226 g/mol. The van der Waals surface area contributed by atoms with Gasteiger partial charge in [-0.3, -0.25) is 0 Å². The van der Waals surface area contributed by atoms with Gasteiger partial charge in [-0.05, 0) is 13.0 Å². The molecular formula is C10H11ClF2O2. The normalized spacial score (nSPS) is 17.2. The first kappa shape index (κ1) is 12.4. The van der Waals surface area contributed by atoms with Crippen molar-refractivity contribution < 1.29 is 19.0 Å². The summed E-state index contributed by atoms with van der Waals surface area (Å²) in [6.45, 7) is 0.681. The van der Waals surface area contributed by atoms with Crippen LogP contribution in [0.15, 0.2) is 18.2 Å². The summed E-state index contributed by atoms with van der Waals surface area (Å²) in [6, 6.07) is 2.70. The number of aliphatic hydroxyl groups excluding tert-OH is 1. The lowest BCUT2D eigenvalue weighted by molar-refractivity contribution is -0.0216. The van der Waals surface area contributed by atoms with Gasteiger partial charge in [0.25, 0.3) is 0 Å². The Labute approximate surface area is 91.1 Å². The van der Waals surface area contributed by atoms with Gasteiger partial charge in [0.1, 0.15) is 17.2 Å². The molecule has 0 radical (unpaired) electrons. The Balaban J connectivity index is 3.24. The van der Waals surface area contributed by atoms with Gasteiger partial charge in [0, 0.05) is 11.6 Å². The fourth-order valence-electron chi connectivity index (χ4n) is 1.27. The van der Waals surface area contributed by atoms with Crippen molar-refractivity contribution in [2.45, 2.75) is 17.9 Å². The van der Waals surface area contributed by atoms with E-state index in [0.29, 0.717) is 6.07 Å². The van der Waals surface area contributed by atoms with Crippen LogP contribution in [0.2, 0.25) is 0 Å². The van der Waals surface area contributed by atoms with E-state index in [9.17, 15) is 13.9 Å². The highest BCUT2D eigenvalue weighted by atomic mass is 35.5. The van der Waals surface area contributed by atoms with E-state index in [1.807, 2.05) is 0 Å². The number of rotatable bonds is 3. The third kappa shape index (κ3) is 2.27. The zero-order chi connectivity index (χ0) is 11.6. The Morgan fingerprint density at radius 1 is 1.47 bits per heavy atom. The number of hydrogen-bond donors (Lipinski definition) is 2. The SMILES string of the molecule is C[C@@H](Cl)[C@](O)(CO)c1ccc(F)cc1F. The Kier molecular flexibility index (Phi) is 3.65. The molecule has 0 amide bonds. The molecule has 1 aromatic rings. The van der Waals surface area contributed by atoms with E-state index in [1.165, 1.54) is 6.92 Å². The fourth-order valence-corrected chi connectivity index (χ4v) is 1.45. The Morgan fingerprint density at radius 2 is 2.07 bits per heavy atom. The van der Waals surface area contributed by atoms with E-state index in [4.69, 9.17) is 16.7 Å². The topological polar surface area (TPSA) is 40.5 Å². The molecule has 5 heteroatoms. The first-order valence-corrected chi connectivity index (χ1v) is 4.78. The highest BCUT2D eigenvalue weighted by Gasteiger charge is 2.36. The summed E-state index contributed by atoms with van der Waals surface area (Å²) >= 11 is 5.66. The number of halogens is 3. The second-order valence-corrected chi connectivity index (χ2v) is 3.98. The van der Waals surface area contributed by atoms with Crippen LogP contribution in [0.1, 0.15) is 12.5 Å². The smallest absolute Gasteiger partial charge is 0.132 e. The molecule has 0 aromatic heterocycles. The van der Waals surface area contributed by atoms with Crippen molar-refractivity contribution in [3.63, 3.8) is 0 Å². The van der Waals surface area contributed by atoms with Gasteiger partial charge < -0.3 is 10.2 Å². The standard InChI is InChI=1S/C10H11ClF2O2/c1-6(11)10(15,5-14)8-3-2-7(12)4-9(8)13/h2-4,6,14-15H,5H2,1H3/t6-,10-/m1/s1. The van der Waals surface area contributed by atoms with Crippen molar-refractivity contribution in [3.05, 3.63) is 35.4 Å². The molecule has 0 aliphatic rings. The summed E-state index contributed by atoms with van der Waals surface area (Å²) < 4.78 is 25.9. The van der Waals surface area contributed by atoms with Gasteiger partial charge in [0.2, 0.25) is 0 Å². The van der Waals surface area contributed by atoms with Gasteiger partial charge in [-0.25, -0.2) is 8.78 Å². The molecule has 0 saturated heterocycles. The average Bonchev–Trinajstić information content (AvgIpc) is 2.16. The maximum Gasteiger partial charge on any atom is 0.132 e. The van der Waals surface area contributed by atoms with Crippen LogP contribution in [0.3, 0.4) is 0 Å². The van der Waals surface area contributed by atoms with Crippen molar-refractivity contribution in [2.24, 2.45) is 0 Å². The molecule has 0 aliphatic heterocycles. The summed E-state index contributed by atoms with van der Waals surface area (Å²) in [7, 11) is 0. The molecule has 0 spiro atoms. The molecule has 2 atom stereocenters. The average molecular weight is 237 g/mol. The van der Waals surface area contributed by atoms with Crippen LogP contribution < -0.4 is 0 Å². The van der Waals surface area contributed by atoms with E-state index in [1.54, 1.807) is 0 Å². The monoisotopic (exact) mass is 236 g/mol. The lowest BCUT2D eigenvalue weighted by atomic mass is 9.91. The zero-order valence-corrected chi connectivity index (χ0v) is 8.80. The van der Waals surface area contributed by atoms with E-state index < -0.39 is 29.2 Å². The van der Waals surface area contributed by atoms with E-state index >= 15 is 0 Å². The van der Waals surface area contributed by atoms with Crippen LogP contribution in [0.25, 0.3) is 0 Å². The second kappa shape index (κ2) is 4.43. The quantitative estimate of drug-likeness (QED) is 0.786. The molecule has 84 valence electrons. The molecule has 0 bridgehead atoms. The maximum atomic E-state index is 13.3. The maximum absolute atomic E-state index is 13.3. The molecule has 2 nitrogen and oxygen atoms in total. The Bertz CT molecular complexity index is 357. The molecule has 2 N–H and O–H groups in total. The van der Waals surface area contributed by atoms with Gasteiger partial charge in [0.05, 0.1) is 12.0 Å². The minimum atomic E-state index is -1.90. The summed E-state index contributed by atoms with van der Waals surface area (Å²) in [4.78, 5) is 0. The van der Waals surface area contributed by atoms with Gasteiger partial charge >= 0.3 is 0 Å². The predicted molar refractivity (Wildman–Crippen MR) is 52.7 cm³/mol. The number of alkyl halides is 1. The molecule has 1 aromatic carbocycles.